The molecule has 0 spiro atoms. The molecule has 0 aromatic heterocycles. The van der Waals surface area contributed by atoms with E-state index in [1.54, 1.807) is 6.07 Å². The molecule has 2 aromatic carbocycles. The standard InChI is InChI=1S/C23H25FN2O4/c24-18-7-2-6-17(14-18)16-5-1-4-15(12-16)13-20-19(9-10-26(20)23(28)29)25-22(27)21-8-3-11-30-21/h1-2,4-7,12,14,19-21H,3,8-11,13H2,(H,25,27)(H,28,29)/t19-,20-,21-/m0/s1. The first-order valence-corrected chi connectivity index (χ1v) is 10.3. The topological polar surface area (TPSA) is 78.9 Å². The number of carbonyl (C=O) groups excluding carboxylic acids is 1. The molecule has 0 bridgehead atoms. The lowest BCUT2D eigenvalue weighted by molar-refractivity contribution is -0.131. The van der Waals surface area contributed by atoms with Crippen LogP contribution in [0.5, 0.6) is 0 Å². The van der Waals surface area contributed by atoms with Gasteiger partial charge in [0.1, 0.15) is 11.9 Å². The quantitative estimate of drug-likeness (QED) is 0.789. The van der Waals surface area contributed by atoms with E-state index in [0.717, 1.165) is 23.1 Å². The number of carboxylic acid groups (broad SMARTS) is 1. The number of hydrogen-bond acceptors (Lipinski definition) is 3. The maximum atomic E-state index is 13.6. The van der Waals surface area contributed by atoms with E-state index >= 15 is 0 Å². The molecule has 2 aromatic rings. The van der Waals surface area contributed by atoms with Crippen LogP contribution in [0.25, 0.3) is 11.1 Å². The fraction of sp³-hybridized carbons (Fsp3) is 0.391. The molecule has 158 valence electrons. The lowest BCUT2D eigenvalue weighted by Gasteiger charge is -2.27. The summed E-state index contributed by atoms with van der Waals surface area (Å²) in [5.74, 6) is -0.467. The van der Waals surface area contributed by atoms with Crippen LogP contribution >= 0.6 is 0 Å². The number of likely N-dealkylation sites (tertiary alicyclic amines) is 1. The van der Waals surface area contributed by atoms with Gasteiger partial charge in [-0.3, -0.25) is 4.79 Å². The van der Waals surface area contributed by atoms with E-state index in [2.05, 4.69) is 5.32 Å². The van der Waals surface area contributed by atoms with Gasteiger partial charge >= 0.3 is 6.09 Å². The smallest absolute Gasteiger partial charge is 0.407 e. The highest BCUT2D eigenvalue weighted by Gasteiger charge is 2.39. The summed E-state index contributed by atoms with van der Waals surface area (Å²) < 4.78 is 19.1. The van der Waals surface area contributed by atoms with Crippen molar-refractivity contribution >= 4 is 12.0 Å². The number of rotatable bonds is 5. The van der Waals surface area contributed by atoms with E-state index in [4.69, 9.17) is 4.74 Å². The van der Waals surface area contributed by atoms with Gasteiger partial charge in [0.25, 0.3) is 0 Å². The fourth-order valence-electron chi connectivity index (χ4n) is 4.36. The molecule has 7 heteroatoms. The lowest BCUT2D eigenvalue weighted by atomic mass is 9.96. The summed E-state index contributed by atoms with van der Waals surface area (Å²) in [6.07, 6.45) is 1.16. The third-order valence-electron chi connectivity index (χ3n) is 5.87. The average Bonchev–Trinajstić information content (AvgIpc) is 3.39. The number of carbonyl (C=O) groups is 2. The van der Waals surface area contributed by atoms with Gasteiger partial charge < -0.3 is 20.1 Å². The molecule has 6 nitrogen and oxygen atoms in total. The maximum Gasteiger partial charge on any atom is 0.407 e. The zero-order valence-corrected chi connectivity index (χ0v) is 16.6. The van der Waals surface area contributed by atoms with Gasteiger partial charge in [-0.2, -0.15) is 0 Å². The van der Waals surface area contributed by atoms with Crippen molar-refractivity contribution in [1.82, 2.24) is 10.2 Å². The molecule has 2 saturated heterocycles. The number of nitrogens with one attached hydrogen (secondary N) is 1. The second kappa shape index (κ2) is 8.83. The number of benzene rings is 2. The van der Waals surface area contributed by atoms with Gasteiger partial charge in [0.2, 0.25) is 5.91 Å². The van der Waals surface area contributed by atoms with Crippen molar-refractivity contribution in [2.75, 3.05) is 13.2 Å². The predicted molar refractivity (Wildman–Crippen MR) is 110 cm³/mol. The molecule has 2 aliphatic heterocycles. The highest BCUT2D eigenvalue weighted by Crippen LogP contribution is 2.26. The molecule has 2 aliphatic rings. The average molecular weight is 412 g/mol. The Bertz CT molecular complexity index is 929. The Labute approximate surface area is 174 Å². The van der Waals surface area contributed by atoms with E-state index < -0.39 is 12.2 Å². The molecule has 0 unspecified atom stereocenters. The van der Waals surface area contributed by atoms with Gasteiger partial charge in [-0.25, -0.2) is 9.18 Å². The van der Waals surface area contributed by atoms with Crippen molar-refractivity contribution in [3.63, 3.8) is 0 Å². The lowest BCUT2D eigenvalue weighted by Crippen LogP contribution is -2.49. The van der Waals surface area contributed by atoms with Crippen molar-refractivity contribution in [2.24, 2.45) is 0 Å². The molecule has 0 aliphatic carbocycles. The maximum absolute atomic E-state index is 13.6. The van der Waals surface area contributed by atoms with Crippen LogP contribution in [0.2, 0.25) is 0 Å². The molecule has 2 N–H and O–H groups in total. The first-order valence-electron chi connectivity index (χ1n) is 10.3. The van der Waals surface area contributed by atoms with E-state index in [1.807, 2.05) is 30.3 Å². The number of nitrogens with zero attached hydrogens (tertiary/aromatic N) is 1. The largest absolute Gasteiger partial charge is 0.465 e. The van der Waals surface area contributed by atoms with Crippen molar-refractivity contribution in [3.05, 3.63) is 59.9 Å². The number of amides is 2. The Balaban J connectivity index is 1.53. The zero-order chi connectivity index (χ0) is 21.1. The summed E-state index contributed by atoms with van der Waals surface area (Å²) in [6.45, 7) is 0.959. The number of hydrogen-bond donors (Lipinski definition) is 2. The Morgan fingerprint density at radius 2 is 1.90 bits per heavy atom. The van der Waals surface area contributed by atoms with Crippen LogP contribution in [0.1, 0.15) is 24.8 Å². The summed E-state index contributed by atoms with van der Waals surface area (Å²) in [7, 11) is 0. The predicted octanol–water partition coefficient (Wildman–Crippen LogP) is 3.45. The number of ether oxygens (including phenoxy) is 1. The molecule has 30 heavy (non-hydrogen) atoms. The van der Waals surface area contributed by atoms with Crippen molar-refractivity contribution in [3.8, 4) is 11.1 Å². The molecule has 2 heterocycles. The highest BCUT2D eigenvalue weighted by atomic mass is 19.1. The van der Waals surface area contributed by atoms with Crippen LogP contribution in [0.4, 0.5) is 9.18 Å². The van der Waals surface area contributed by atoms with E-state index in [1.165, 1.54) is 17.0 Å². The van der Waals surface area contributed by atoms with Crippen molar-refractivity contribution in [1.29, 1.82) is 0 Å². The van der Waals surface area contributed by atoms with E-state index in [-0.39, 0.29) is 23.8 Å². The van der Waals surface area contributed by atoms with Gasteiger partial charge in [0.05, 0.1) is 12.1 Å². The summed E-state index contributed by atoms with van der Waals surface area (Å²) >= 11 is 0. The summed E-state index contributed by atoms with van der Waals surface area (Å²) in [5.41, 5.74) is 2.57. The molecule has 4 rings (SSSR count). The third kappa shape index (κ3) is 4.46. The van der Waals surface area contributed by atoms with Crippen molar-refractivity contribution in [2.45, 2.75) is 43.9 Å². The first-order chi connectivity index (χ1) is 14.5. The molecule has 0 radical (unpaired) electrons. The SMILES string of the molecule is O=C(N[C@H]1CCN(C(=O)O)[C@H]1Cc1cccc(-c2cccc(F)c2)c1)[C@@H]1CCCO1. The zero-order valence-electron chi connectivity index (χ0n) is 16.6. The summed E-state index contributed by atoms with van der Waals surface area (Å²) in [6, 6.07) is 13.4. The normalized spacial score (nSPS) is 23.5. The van der Waals surface area contributed by atoms with Crippen LogP contribution in [-0.2, 0) is 16.0 Å². The molecule has 2 amide bonds. The Morgan fingerprint density at radius 3 is 2.60 bits per heavy atom. The second-order valence-corrected chi connectivity index (χ2v) is 7.86. The van der Waals surface area contributed by atoms with Crippen LogP contribution in [-0.4, -0.2) is 53.3 Å². The minimum atomic E-state index is -0.991. The fourth-order valence-corrected chi connectivity index (χ4v) is 4.36. The minimum absolute atomic E-state index is 0.164. The molecule has 0 saturated carbocycles. The Hall–Kier alpha value is -2.93. The monoisotopic (exact) mass is 412 g/mol. The summed E-state index contributed by atoms with van der Waals surface area (Å²) in [5, 5.41) is 12.6. The minimum Gasteiger partial charge on any atom is -0.465 e. The number of halogens is 1. The van der Waals surface area contributed by atoms with E-state index in [9.17, 15) is 19.1 Å². The van der Waals surface area contributed by atoms with Gasteiger partial charge in [0.15, 0.2) is 0 Å². The van der Waals surface area contributed by atoms with Crippen LogP contribution in [0, 0.1) is 5.82 Å². The third-order valence-corrected chi connectivity index (χ3v) is 5.87. The Morgan fingerprint density at radius 1 is 1.13 bits per heavy atom. The molecular weight excluding hydrogens is 387 g/mol. The van der Waals surface area contributed by atoms with Gasteiger partial charge in [-0.15, -0.1) is 0 Å². The highest BCUT2D eigenvalue weighted by molar-refractivity contribution is 5.81. The van der Waals surface area contributed by atoms with Gasteiger partial charge in [0, 0.05) is 13.2 Å². The summed E-state index contributed by atoms with van der Waals surface area (Å²) in [4.78, 5) is 25.7. The molecule has 2 fully saturated rings. The first kappa shape index (κ1) is 20.3. The molecular formula is C23H25FN2O4. The van der Waals surface area contributed by atoms with E-state index in [0.29, 0.717) is 32.4 Å². The van der Waals surface area contributed by atoms with Gasteiger partial charge in [-0.05, 0) is 54.5 Å². The second-order valence-electron chi connectivity index (χ2n) is 7.86. The van der Waals surface area contributed by atoms with Crippen LogP contribution < -0.4 is 5.32 Å². The van der Waals surface area contributed by atoms with Crippen LogP contribution in [0.15, 0.2) is 48.5 Å². The van der Waals surface area contributed by atoms with Crippen molar-refractivity contribution < 1.29 is 23.8 Å². The molecule has 3 atom stereocenters. The Kier molecular flexibility index (Phi) is 5.99. The van der Waals surface area contributed by atoms with Gasteiger partial charge in [-0.1, -0.05) is 36.4 Å². The van der Waals surface area contributed by atoms with Crippen LogP contribution in [0.3, 0.4) is 0 Å².